The quantitative estimate of drug-likeness (QED) is 0.119. The van der Waals surface area contributed by atoms with Crippen LogP contribution in [-0.2, 0) is 4.79 Å². The Balaban J connectivity index is 1.62. The van der Waals surface area contributed by atoms with Gasteiger partial charge in [0.2, 0.25) is 0 Å². The Labute approximate surface area is 225 Å². The summed E-state index contributed by atoms with van der Waals surface area (Å²) in [4.78, 5) is 37.2. The minimum absolute atomic E-state index is 0.0561. The van der Waals surface area contributed by atoms with Crippen molar-refractivity contribution in [3.8, 4) is 17.6 Å². The predicted molar refractivity (Wildman–Crippen MR) is 145 cm³/mol. The van der Waals surface area contributed by atoms with Crippen LogP contribution >= 0.6 is 15.9 Å². The van der Waals surface area contributed by atoms with E-state index in [9.17, 15) is 24.8 Å². The summed E-state index contributed by atoms with van der Waals surface area (Å²) in [6, 6.07) is 23.5. The van der Waals surface area contributed by atoms with Crippen molar-refractivity contribution in [2.24, 2.45) is 0 Å². The number of para-hydroxylation sites is 1. The molecule has 0 bridgehead atoms. The molecule has 0 atom stereocenters. The van der Waals surface area contributed by atoms with E-state index in [2.05, 4.69) is 21.2 Å². The standard InChI is InChI=1S/C29H19BrN2O6/c1-37-25-15-17(13-19(16-31)27(33)32-24-12-5-4-10-22(24)28(34)35)14-23(30)26(25)38-29(36)21-11-6-8-18-7-2-3-9-20(18)21/h2-15H,1H3,(H,32,33)(H,34,35)/b19-13+. The smallest absolute Gasteiger partial charge is 0.344 e. The number of halogens is 1. The summed E-state index contributed by atoms with van der Waals surface area (Å²) in [6.07, 6.45) is 1.31. The van der Waals surface area contributed by atoms with Crippen molar-refractivity contribution < 1.29 is 29.0 Å². The molecule has 0 aliphatic heterocycles. The number of carboxylic acid groups (broad SMARTS) is 1. The Bertz CT molecular complexity index is 1650. The van der Waals surface area contributed by atoms with E-state index in [1.807, 2.05) is 36.4 Å². The van der Waals surface area contributed by atoms with Crippen molar-refractivity contribution in [3.63, 3.8) is 0 Å². The fourth-order valence-corrected chi connectivity index (χ4v) is 4.30. The van der Waals surface area contributed by atoms with Crippen LogP contribution in [0.2, 0.25) is 0 Å². The zero-order chi connectivity index (χ0) is 27.2. The van der Waals surface area contributed by atoms with Crippen molar-refractivity contribution in [2.45, 2.75) is 0 Å². The fourth-order valence-electron chi connectivity index (χ4n) is 3.76. The number of carbonyl (C=O) groups excluding carboxylic acids is 2. The van der Waals surface area contributed by atoms with Crippen LogP contribution in [0.25, 0.3) is 16.8 Å². The number of esters is 1. The van der Waals surface area contributed by atoms with Crippen molar-refractivity contribution >= 4 is 56.3 Å². The molecule has 0 spiro atoms. The van der Waals surface area contributed by atoms with Gasteiger partial charge in [0, 0.05) is 0 Å². The fraction of sp³-hybridized carbons (Fsp3) is 0.0345. The van der Waals surface area contributed by atoms with E-state index in [1.165, 1.54) is 37.5 Å². The number of amides is 1. The molecule has 0 heterocycles. The van der Waals surface area contributed by atoms with E-state index in [0.717, 1.165) is 10.8 Å². The minimum atomic E-state index is -1.22. The molecule has 0 saturated carbocycles. The molecule has 1 amide bonds. The van der Waals surface area contributed by atoms with Crippen molar-refractivity contribution in [1.82, 2.24) is 0 Å². The molecule has 9 heteroatoms. The van der Waals surface area contributed by atoms with Crippen LogP contribution in [0.15, 0.2) is 88.9 Å². The number of rotatable bonds is 7. The Morgan fingerprint density at radius 2 is 1.66 bits per heavy atom. The number of hydrogen-bond acceptors (Lipinski definition) is 6. The summed E-state index contributed by atoms with van der Waals surface area (Å²) >= 11 is 3.38. The molecule has 0 saturated heterocycles. The lowest BCUT2D eigenvalue weighted by atomic mass is 10.0. The van der Waals surface area contributed by atoms with Crippen LogP contribution in [0.1, 0.15) is 26.3 Å². The highest BCUT2D eigenvalue weighted by Crippen LogP contribution is 2.38. The number of anilines is 1. The maximum absolute atomic E-state index is 13.0. The summed E-state index contributed by atoms with van der Waals surface area (Å²) in [6.45, 7) is 0. The summed E-state index contributed by atoms with van der Waals surface area (Å²) in [5.74, 6) is -2.28. The Morgan fingerprint density at radius 1 is 0.974 bits per heavy atom. The predicted octanol–water partition coefficient (Wildman–Crippen LogP) is 6.07. The number of carbonyl (C=O) groups is 3. The second-order valence-electron chi connectivity index (χ2n) is 7.93. The molecule has 38 heavy (non-hydrogen) atoms. The first kappa shape index (κ1) is 26.1. The molecule has 0 unspecified atom stereocenters. The topological polar surface area (TPSA) is 126 Å². The van der Waals surface area contributed by atoms with Crippen LogP contribution in [0.4, 0.5) is 5.69 Å². The van der Waals surface area contributed by atoms with E-state index in [0.29, 0.717) is 15.6 Å². The Hall–Kier alpha value is -4.94. The third-order valence-corrected chi connectivity index (χ3v) is 6.13. The van der Waals surface area contributed by atoms with Crippen LogP contribution in [0.3, 0.4) is 0 Å². The second-order valence-corrected chi connectivity index (χ2v) is 8.78. The van der Waals surface area contributed by atoms with Crippen LogP contribution < -0.4 is 14.8 Å². The zero-order valence-electron chi connectivity index (χ0n) is 19.9. The number of fused-ring (bicyclic) bond motifs is 1. The number of ether oxygens (including phenoxy) is 2. The number of hydrogen-bond donors (Lipinski definition) is 2. The molecule has 0 radical (unpaired) electrons. The van der Waals surface area contributed by atoms with Crippen LogP contribution in [0, 0.1) is 11.3 Å². The number of nitrogens with one attached hydrogen (secondary N) is 1. The monoisotopic (exact) mass is 570 g/mol. The first-order valence-electron chi connectivity index (χ1n) is 11.1. The molecule has 2 N–H and O–H groups in total. The summed E-state index contributed by atoms with van der Waals surface area (Å²) in [5.41, 5.74) is 0.447. The maximum atomic E-state index is 13.0. The van der Waals surface area contributed by atoms with E-state index >= 15 is 0 Å². The first-order valence-corrected chi connectivity index (χ1v) is 11.9. The first-order chi connectivity index (χ1) is 18.3. The van der Waals surface area contributed by atoms with Gasteiger partial charge in [0.15, 0.2) is 11.5 Å². The average molecular weight is 571 g/mol. The molecule has 0 fully saturated rings. The molecule has 0 aliphatic carbocycles. The maximum Gasteiger partial charge on any atom is 0.344 e. The van der Waals surface area contributed by atoms with Gasteiger partial charge < -0.3 is 19.9 Å². The van der Waals surface area contributed by atoms with Gasteiger partial charge in [-0.1, -0.05) is 48.5 Å². The van der Waals surface area contributed by atoms with Gasteiger partial charge in [-0.3, -0.25) is 4.79 Å². The number of benzene rings is 4. The highest BCUT2D eigenvalue weighted by molar-refractivity contribution is 9.10. The number of carboxylic acids is 1. The van der Waals surface area contributed by atoms with Gasteiger partial charge in [-0.05, 0) is 68.7 Å². The summed E-state index contributed by atoms with van der Waals surface area (Å²) in [7, 11) is 1.39. The Morgan fingerprint density at radius 3 is 2.39 bits per heavy atom. The summed E-state index contributed by atoms with van der Waals surface area (Å²) < 4.78 is 11.5. The van der Waals surface area contributed by atoms with Gasteiger partial charge in [0.1, 0.15) is 11.6 Å². The van der Waals surface area contributed by atoms with Gasteiger partial charge >= 0.3 is 11.9 Å². The molecular weight excluding hydrogens is 552 g/mol. The van der Waals surface area contributed by atoms with Gasteiger partial charge in [-0.15, -0.1) is 0 Å². The van der Waals surface area contributed by atoms with Gasteiger partial charge in [-0.25, -0.2) is 9.59 Å². The van der Waals surface area contributed by atoms with Gasteiger partial charge in [0.25, 0.3) is 5.91 Å². The lowest BCUT2D eigenvalue weighted by Crippen LogP contribution is -2.16. The van der Waals surface area contributed by atoms with E-state index in [4.69, 9.17) is 9.47 Å². The van der Waals surface area contributed by atoms with Crippen molar-refractivity contribution in [3.05, 3.63) is 106 Å². The van der Waals surface area contributed by atoms with E-state index in [-0.39, 0.29) is 28.3 Å². The van der Waals surface area contributed by atoms with Crippen LogP contribution in [-0.4, -0.2) is 30.1 Å². The number of nitriles is 1. The lowest BCUT2D eigenvalue weighted by Gasteiger charge is -2.13. The van der Waals surface area contributed by atoms with Gasteiger partial charge in [0.05, 0.1) is 28.4 Å². The van der Waals surface area contributed by atoms with E-state index < -0.39 is 17.8 Å². The number of aromatic carboxylic acids is 1. The molecule has 4 aromatic rings. The molecule has 188 valence electrons. The lowest BCUT2D eigenvalue weighted by molar-refractivity contribution is -0.112. The molecule has 0 aliphatic rings. The Kier molecular flexibility index (Phi) is 7.85. The molecule has 8 nitrogen and oxygen atoms in total. The molecule has 0 aromatic heterocycles. The largest absolute Gasteiger partial charge is 0.493 e. The normalized spacial score (nSPS) is 10.9. The molecular formula is C29H19BrN2O6. The summed E-state index contributed by atoms with van der Waals surface area (Å²) in [5, 5.41) is 23.0. The minimum Gasteiger partial charge on any atom is -0.493 e. The highest BCUT2D eigenvalue weighted by Gasteiger charge is 2.20. The number of nitrogens with zero attached hydrogens (tertiary/aromatic N) is 1. The van der Waals surface area contributed by atoms with E-state index in [1.54, 1.807) is 24.3 Å². The highest BCUT2D eigenvalue weighted by atomic mass is 79.9. The third kappa shape index (κ3) is 5.56. The van der Waals surface area contributed by atoms with Crippen LogP contribution in [0.5, 0.6) is 11.5 Å². The average Bonchev–Trinajstić information content (AvgIpc) is 2.92. The second kappa shape index (κ2) is 11.4. The SMILES string of the molecule is COc1cc(/C=C(\C#N)C(=O)Nc2ccccc2C(=O)O)cc(Br)c1OC(=O)c1cccc2ccccc12. The van der Waals surface area contributed by atoms with Gasteiger partial charge in [-0.2, -0.15) is 5.26 Å². The zero-order valence-corrected chi connectivity index (χ0v) is 21.5. The third-order valence-electron chi connectivity index (χ3n) is 5.54. The van der Waals surface area contributed by atoms with Crippen molar-refractivity contribution in [2.75, 3.05) is 12.4 Å². The molecule has 4 aromatic carbocycles. The van der Waals surface area contributed by atoms with Crippen molar-refractivity contribution in [1.29, 1.82) is 5.26 Å². The molecule has 4 rings (SSSR count). The number of methoxy groups -OCH3 is 1.